The molecule has 0 aliphatic heterocycles. The van der Waals surface area contributed by atoms with Crippen LogP contribution in [0.4, 0.5) is 5.69 Å². The summed E-state index contributed by atoms with van der Waals surface area (Å²) in [4.78, 5) is 3.93. The third kappa shape index (κ3) is 3.19. The van der Waals surface area contributed by atoms with Crippen molar-refractivity contribution < 1.29 is 0 Å². The zero-order chi connectivity index (χ0) is 12.1. The van der Waals surface area contributed by atoms with Gasteiger partial charge in [0.2, 0.25) is 0 Å². The molecule has 17 heavy (non-hydrogen) atoms. The summed E-state index contributed by atoms with van der Waals surface area (Å²) < 4.78 is 0. The number of nitrogens with one attached hydrogen (secondary N) is 1. The number of pyridine rings is 1. The highest BCUT2D eigenvalue weighted by molar-refractivity contribution is 6.37. The Hall–Kier alpha value is -1.58. The van der Waals surface area contributed by atoms with Crippen molar-refractivity contribution >= 4 is 35.1 Å². The lowest BCUT2D eigenvalue weighted by atomic mass is 10.3. The maximum Gasteiger partial charge on any atom is 0.139 e. The van der Waals surface area contributed by atoms with E-state index >= 15 is 0 Å². The van der Waals surface area contributed by atoms with Crippen molar-refractivity contribution in [1.82, 2.24) is 4.98 Å². The lowest BCUT2D eigenvalue weighted by molar-refractivity contribution is 1.30. The highest BCUT2D eigenvalue weighted by atomic mass is 35.5. The van der Waals surface area contributed by atoms with Gasteiger partial charge >= 0.3 is 0 Å². The maximum absolute atomic E-state index is 5.97. The Morgan fingerprint density at radius 1 is 1.12 bits per heavy atom. The lowest BCUT2D eigenvalue weighted by Crippen LogP contribution is -1.93. The molecule has 0 saturated heterocycles. The van der Waals surface area contributed by atoms with E-state index in [4.69, 9.17) is 23.2 Å². The molecule has 0 aliphatic carbocycles. The van der Waals surface area contributed by atoms with E-state index in [2.05, 4.69) is 15.5 Å². The van der Waals surface area contributed by atoms with Crippen LogP contribution in [0.3, 0.4) is 0 Å². The van der Waals surface area contributed by atoms with Gasteiger partial charge in [0.1, 0.15) is 5.15 Å². The second-order valence-electron chi connectivity index (χ2n) is 3.23. The van der Waals surface area contributed by atoms with E-state index < -0.39 is 0 Å². The third-order valence-electron chi connectivity index (χ3n) is 2.05. The molecule has 86 valence electrons. The summed E-state index contributed by atoms with van der Waals surface area (Å²) in [5.41, 5.74) is 4.36. The van der Waals surface area contributed by atoms with Gasteiger partial charge in [0.05, 0.1) is 22.5 Å². The van der Waals surface area contributed by atoms with Gasteiger partial charge in [0, 0.05) is 6.20 Å². The third-order valence-corrected chi connectivity index (χ3v) is 2.68. The molecule has 0 aliphatic rings. The molecule has 3 nitrogen and oxygen atoms in total. The maximum atomic E-state index is 5.97. The molecule has 1 aromatic heterocycles. The van der Waals surface area contributed by atoms with Crippen LogP contribution in [0.5, 0.6) is 0 Å². The van der Waals surface area contributed by atoms with E-state index in [1.807, 2.05) is 30.3 Å². The zero-order valence-electron chi connectivity index (χ0n) is 8.77. The molecule has 1 heterocycles. The van der Waals surface area contributed by atoms with Crippen LogP contribution in [0, 0.1) is 0 Å². The topological polar surface area (TPSA) is 37.3 Å². The molecule has 0 fully saturated rings. The molecular formula is C12H9Cl2N3. The summed E-state index contributed by atoms with van der Waals surface area (Å²) in [5.74, 6) is 0. The van der Waals surface area contributed by atoms with Crippen molar-refractivity contribution in [3.05, 3.63) is 58.3 Å². The molecule has 0 amide bonds. The molecule has 0 atom stereocenters. The fourth-order valence-corrected chi connectivity index (χ4v) is 1.67. The predicted molar refractivity (Wildman–Crippen MR) is 71.9 cm³/mol. The fraction of sp³-hybridized carbons (Fsp3) is 0. The van der Waals surface area contributed by atoms with E-state index in [-0.39, 0.29) is 0 Å². The number of hydrogen-bond acceptors (Lipinski definition) is 3. The quantitative estimate of drug-likeness (QED) is 0.520. The number of rotatable bonds is 3. The Bertz CT molecular complexity index is 506. The van der Waals surface area contributed by atoms with Gasteiger partial charge in [-0.1, -0.05) is 41.4 Å². The van der Waals surface area contributed by atoms with Crippen LogP contribution in [-0.4, -0.2) is 11.2 Å². The monoisotopic (exact) mass is 265 g/mol. The molecule has 0 radical (unpaired) electrons. The van der Waals surface area contributed by atoms with E-state index in [9.17, 15) is 0 Å². The minimum Gasteiger partial charge on any atom is -0.279 e. The molecule has 1 N–H and O–H groups in total. The molecule has 0 unspecified atom stereocenters. The normalized spacial score (nSPS) is 10.7. The van der Waals surface area contributed by atoms with Crippen LogP contribution in [0.25, 0.3) is 0 Å². The van der Waals surface area contributed by atoms with Crippen LogP contribution in [0.15, 0.2) is 47.7 Å². The van der Waals surface area contributed by atoms with Gasteiger partial charge in [0.25, 0.3) is 0 Å². The molecule has 0 spiro atoms. The average Bonchev–Trinajstić information content (AvgIpc) is 2.34. The van der Waals surface area contributed by atoms with Gasteiger partial charge < -0.3 is 0 Å². The molecule has 0 bridgehead atoms. The summed E-state index contributed by atoms with van der Waals surface area (Å²) in [5, 5.41) is 4.90. The number of hydrogen-bond donors (Lipinski definition) is 1. The highest BCUT2D eigenvalue weighted by Gasteiger charge is 2.02. The van der Waals surface area contributed by atoms with Crippen molar-refractivity contribution in [3.63, 3.8) is 0 Å². The van der Waals surface area contributed by atoms with Crippen molar-refractivity contribution in [1.29, 1.82) is 0 Å². The van der Waals surface area contributed by atoms with Gasteiger partial charge in [-0.2, -0.15) is 5.10 Å². The molecule has 5 heteroatoms. The van der Waals surface area contributed by atoms with E-state index in [1.54, 1.807) is 18.5 Å². The summed E-state index contributed by atoms with van der Waals surface area (Å²) in [6, 6.07) is 11.2. The van der Waals surface area contributed by atoms with Crippen LogP contribution < -0.4 is 5.43 Å². The number of anilines is 1. The van der Waals surface area contributed by atoms with Crippen molar-refractivity contribution in [2.75, 3.05) is 5.43 Å². The summed E-state index contributed by atoms with van der Waals surface area (Å²) in [7, 11) is 0. The average molecular weight is 266 g/mol. The van der Waals surface area contributed by atoms with E-state index in [1.165, 1.54) is 0 Å². The first-order valence-electron chi connectivity index (χ1n) is 4.91. The Morgan fingerprint density at radius 2 is 1.88 bits per heavy atom. The van der Waals surface area contributed by atoms with Crippen molar-refractivity contribution in [2.45, 2.75) is 0 Å². The smallest absolute Gasteiger partial charge is 0.139 e. The number of para-hydroxylation sites is 1. The second kappa shape index (κ2) is 5.66. The Morgan fingerprint density at radius 3 is 2.59 bits per heavy atom. The largest absolute Gasteiger partial charge is 0.279 e. The fourth-order valence-electron chi connectivity index (χ4n) is 1.22. The molecule has 1 aromatic carbocycles. The predicted octanol–water partition coefficient (Wildman–Crippen LogP) is 3.83. The first-order chi connectivity index (χ1) is 8.27. The van der Waals surface area contributed by atoms with Crippen LogP contribution in [0.1, 0.15) is 5.56 Å². The first-order valence-corrected chi connectivity index (χ1v) is 5.67. The van der Waals surface area contributed by atoms with Gasteiger partial charge in [-0.25, -0.2) is 4.98 Å². The summed E-state index contributed by atoms with van der Waals surface area (Å²) in [6.07, 6.45) is 3.09. The SMILES string of the molecule is Clc1ccnc(Cl)c1C=NNc1ccccc1. The Kier molecular flexibility index (Phi) is 3.96. The standard InChI is InChI=1S/C12H9Cl2N3/c13-11-6-7-15-12(14)10(11)8-16-17-9-4-2-1-3-5-9/h1-8,17H. The van der Waals surface area contributed by atoms with Crippen molar-refractivity contribution in [3.8, 4) is 0 Å². The minimum absolute atomic E-state index is 0.330. The zero-order valence-corrected chi connectivity index (χ0v) is 10.3. The summed E-state index contributed by atoms with van der Waals surface area (Å²) in [6.45, 7) is 0. The number of nitrogens with zero attached hydrogens (tertiary/aromatic N) is 2. The van der Waals surface area contributed by atoms with Gasteiger partial charge in [-0.15, -0.1) is 0 Å². The summed E-state index contributed by atoms with van der Waals surface area (Å²) >= 11 is 11.9. The molecule has 0 saturated carbocycles. The molecule has 2 rings (SSSR count). The molecule has 2 aromatic rings. The number of benzene rings is 1. The highest BCUT2D eigenvalue weighted by Crippen LogP contribution is 2.19. The van der Waals surface area contributed by atoms with Crippen LogP contribution in [-0.2, 0) is 0 Å². The number of halogens is 2. The van der Waals surface area contributed by atoms with Gasteiger partial charge in [-0.05, 0) is 18.2 Å². The number of hydrazone groups is 1. The van der Waals surface area contributed by atoms with Crippen LogP contribution in [0.2, 0.25) is 10.2 Å². The Labute approximate surface area is 109 Å². The second-order valence-corrected chi connectivity index (χ2v) is 4.00. The number of aromatic nitrogens is 1. The lowest BCUT2D eigenvalue weighted by Gasteiger charge is -2.01. The van der Waals surface area contributed by atoms with Gasteiger partial charge in [-0.3, -0.25) is 5.43 Å². The van der Waals surface area contributed by atoms with E-state index in [0.717, 1.165) is 5.69 Å². The van der Waals surface area contributed by atoms with Crippen molar-refractivity contribution in [2.24, 2.45) is 5.10 Å². The minimum atomic E-state index is 0.330. The van der Waals surface area contributed by atoms with Crippen LogP contribution >= 0.6 is 23.2 Å². The first kappa shape index (κ1) is 11.9. The van der Waals surface area contributed by atoms with E-state index in [0.29, 0.717) is 15.7 Å². The van der Waals surface area contributed by atoms with Gasteiger partial charge in [0.15, 0.2) is 0 Å². The Balaban J connectivity index is 2.11. The molecular weight excluding hydrogens is 257 g/mol.